The number of rotatable bonds is 5. The first kappa shape index (κ1) is 16.0. The summed E-state index contributed by atoms with van der Waals surface area (Å²) < 4.78 is 9.66. The van der Waals surface area contributed by atoms with Gasteiger partial charge in [0, 0.05) is 11.8 Å². The van der Waals surface area contributed by atoms with Gasteiger partial charge in [0.2, 0.25) is 0 Å². The minimum absolute atomic E-state index is 0.227. The van der Waals surface area contributed by atoms with Crippen molar-refractivity contribution < 1.29 is 23.6 Å². The SMILES string of the molecule is Cc1cc(NC(=O)COC(=O)c2ccc(NC(N)=O)cc2)no1. The Morgan fingerprint density at radius 1 is 1.22 bits per heavy atom. The maximum atomic E-state index is 11.8. The van der Waals surface area contributed by atoms with Crippen LogP contribution in [0.25, 0.3) is 0 Å². The number of amides is 3. The number of hydrogen-bond acceptors (Lipinski definition) is 6. The molecule has 0 bridgehead atoms. The number of benzene rings is 1. The first-order valence-electron chi connectivity index (χ1n) is 6.51. The molecule has 2 aromatic rings. The van der Waals surface area contributed by atoms with E-state index in [1.54, 1.807) is 6.92 Å². The van der Waals surface area contributed by atoms with Crippen LogP contribution in [0.15, 0.2) is 34.9 Å². The second-order valence-corrected chi connectivity index (χ2v) is 4.51. The minimum atomic E-state index is -0.708. The number of aryl methyl sites for hydroxylation is 1. The topological polar surface area (TPSA) is 137 Å². The summed E-state index contributed by atoms with van der Waals surface area (Å²) in [5.74, 6) is -0.437. The Kier molecular flexibility index (Phi) is 4.92. The number of nitrogens with zero attached hydrogens (tertiary/aromatic N) is 1. The van der Waals surface area contributed by atoms with Gasteiger partial charge < -0.3 is 25.6 Å². The van der Waals surface area contributed by atoms with Gasteiger partial charge in [-0.25, -0.2) is 9.59 Å². The predicted molar refractivity (Wildman–Crippen MR) is 79.8 cm³/mol. The van der Waals surface area contributed by atoms with Crippen LogP contribution in [0.2, 0.25) is 0 Å². The molecule has 0 unspecified atom stereocenters. The molecule has 23 heavy (non-hydrogen) atoms. The number of nitrogens with one attached hydrogen (secondary N) is 2. The zero-order valence-corrected chi connectivity index (χ0v) is 12.2. The summed E-state index contributed by atoms with van der Waals surface area (Å²) in [6, 6.07) is 6.67. The predicted octanol–water partition coefficient (Wildman–Crippen LogP) is 1.27. The highest BCUT2D eigenvalue weighted by atomic mass is 16.5. The Morgan fingerprint density at radius 2 is 1.91 bits per heavy atom. The molecule has 1 aromatic carbocycles. The molecule has 4 N–H and O–H groups in total. The quantitative estimate of drug-likeness (QED) is 0.710. The van der Waals surface area contributed by atoms with Gasteiger partial charge in [0.25, 0.3) is 5.91 Å². The van der Waals surface area contributed by atoms with Crippen LogP contribution in [0.5, 0.6) is 0 Å². The number of nitrogens with two attached hydrogens (primary N) is 1. The Labute approximate surface area is 130 Å². The Bertz CT molecular complexity index is 723. The molecule has 0 radical (unpaired) electrons. The Hall–Kier alpha value is -3.36. The number of aromatic nitrogens is 1. The van der Waals surface area contributed by atoms with Crippen LogP contribution < -0.4 is 16.4 Å². The summed E-state index contributed by atoms with van der Waals surface area (Å²) in [5.41, 5.74) is 5.64. The molecule has 9 nitrogen and oxygen atoms in total. The van der Waals surface area contributed by atoms with E-state index in [4.69, 9.17) is 15.0 Å². The van der Waals surface area contributed by atoms with Gasteiger partial charge in [0.15, 0.2) is 12.4 Å². The van der Waals surface area contributed by atoms with E-state index in [-0.39, 0.29) is 11.4 Å². The average Bonchev–Trinajstić information content (AvgIpc) is 2.90. The molecule has 0 aliphatic carbocycles. The third-order valence-electron chi connectivity index (χ3n) is 2.62. The number of carbonyl (C=O) groups is 3. The molecular formula is C14H14N4O5. The fourth-order valence-corrected chi connectivity index (χ4v) is 1.65. The number of carbonyl (C=O) groups excluding carboxylic acids is 3. The summed E-state index contributed by atoms with van der Waals surface area (Å²) in [6.45, 7) is 1.21. The van der Waals surface area contributed by atoms with Gasteiger partial charge in [-0.3, -0.25) is 4.79 Å². The molecule has 0 spiro atoms. The van der Waals surface area contributed by atoms with Crippen molar-refractivity contribution in [3.05, 3.63) is 41.7 Å². The van der Waals surface area contributed by atoms with Crippen molar-refractivity contribution >= 4 is 29.4 Å². The van der Waals surface area contributed by atoms with Crippen LogP contribution in [0.4, 0.5) is 16.3 Å². The molecule has 9 heteroatoms. The Balaban J connectivity index is 1.84. The number of anilines is 2. The van der Waals surface area contributed by atoms with Gasteiger partial charge in [-0.1, -0.05) is 5.16 Å². The summed E-state index contributed by atoms with van der Waals surface area (Å²) in [5, 5.41) is 8.36. The molecule has 1 aromatic heterocycles. The smallest absolute Gasteiger partial charge is 0.338 e. The van der Waals surface area contributed by atoms with Gasteiger partial charge in [-0.2, -0.15) is 0 Å². The van der Waals surface area contributed by atoms with Gasteiger partial charge in [0.05, 0.1) is 5.56 Å². The van der Waals surface area contributed by atoms with E-state index in [0.717, 1.165) is 0 Å². The van der Waals surface area contributed by atoms with E-state index in [1.807, 2.05) is 0 Å². The molecule has 0 aliphatic rings. The van der Waals surface area contributed by atoms with Gasteiger partial charge in [-0.15, -0.1) is 0 Å². The van der Waals surface area contributed by atoms with E-state index >= 15 is 0 Å². The molecule has 0 fully saturated rings. The molecule has 3 amide bonds. The molecule has 2 rings (SSSR count). The molecule has 0 saturated heterocycles. The van der Waals surface area contributed by atoms with Gasteiger partial charge in [-0.05, 0) is 31.2 Å². The number of ether oxygens (including phenoxy) is 1. The fourth-order valence-electron chi connectivity index (χ4n) is 1.65. The highest BCUT2D eigenvalue weighted by Crippen LogP contribution is 2.10. The molecule has 120 valence electrons. The lowest BCUT2D eigenvalue weighted by Crippen LogP contribution is -2.21. The lowest BCUT2D eigenvalue weighted by Gasteiger charge is -2.06. The van der Waals surface area contributed by atoms with E-state index in [0.29, 0.717) is 11.4 Å². The first-order valence-corrected chi connectivity index (χ1v) is 6.51. The molecule has 0 atom stereocenters. The molecular weight excluding hydrogens is 304 g/mol. The largest absolute Gasteiger partial charge is 0.452 e. The van der Waals surface area contributed by atoms with Crippen LogP contribution >= 0.6 is 0 Å². The van der Waals surface area contributed by atoms with Crippen molar-refractivity contribution in [3.63, 3.8) is 0 Å². The minimum Gasteiger partial charge on any atom is -0.452 e. The second kappa shape index (κ2) is 7.07. The van der Waals surface area contributed by atoms with Crippen molar-refractivity contribution in [3.8, 4) is 0 Å². The lowest BCUT2D eigenvalue weighted by molar-refractivity contribution is -0.119. The number of hydrogen-bond donors (Lipinski definition) is 3. The normalized spacial score (nSPS) is 9.96. The summed E-state index contributed by atoms with van der Waals surface area (Å²) in [7, 11) is 0. The highest BCUT2D eigenvalue weighted by molar-refractivity contribution is 5.95. The third-order valence-corrected chi connectivity index (χ3v) is 2.62. The van der Waals surface area contributed by atoms with Crippen LogP contribution in [0.3, 0.4) is 0 Å². The monoisotopic (exact) mass is 318 g/mol. The van der Waals surface area contributed by atoms with Crippen molar-refractivity contribution in [2.45, 2.75) is 6.92 Å². The zero-order chi connectivity index (χ0) is 16.8. The fraction of sp³-hybridized carbons (Fsp3) is 0.143. The summed E-state index contributed by atoms with van der Waals surface area (Å²) in [6.07, 6.45) is 0. The highest BCUT2D eigenvalue weighted by Gasteiger charge is 2.12. The molecule has 0 saturated carbocycles. The van der Waals surface area contributed by atoms with Crippen LogP contribution in [-0.2, 0) is 9.53 Å². The van der Waals surface area contributed by atoms with E-state index < -0.39 is 24.5 Å². The number of urea groups is 1. The third kappa shape index (κ3) is 4.84. The van der Waals surface area contributed by atoms with Crippen molar-refractivity contribution in [2.24, 2.45) is 5.73 Å². The molecule has 1 heterocycles. The Morgan fingerprint density at radius 3 is 2.48 bits per heavy atom. The van der Waals surface area contributed by atoms with Crippen LogP contribution in [0.1, 0.15) is 16.1 Å². The maximum Gasteiger partial charge on any atom is 0.338 e. The van der Waals surface area contributed by atoms with Gasteiger partial charge >= 0.3 is 12.0 Å². The average molecular weight is 318 g/mol. The van der Waals surface area contributed by atoms with Crippen molar-refractivity contribution in [1.82, 2.24) is 5.16 Å². The lowest BCUT2D eigenvalue weighted by atomic mass is 10.2. The second-order valence-electron chi connectivity index (χ2n) is 4.51. The number of primary amides is 1. The number of esters is 1. The van der Waals surface area contributed by atoms with Crippen LogP contribution in [-0.4, -0.2) is 29.7 Å². The van der Waals surface area contributed by atoms with E-state index in [2.05, 4.69) is 15.8 Å². The van der Waals surface area contributed by atoms with E-state index in [9.17, 15) is 14.4 Å². The summed E-state index contributed by atoms with van der Waals surface area (Å²) >= 11 is 0. The van der Waals surface area contributed by atoms with Crippen LogP contribution in [0, 0.1) is 6.92 Å². The molecule has 0 aliphatic heterocycles. The van der Waals surface area contributed by atoms with E-state index in [1.165, 1.54) is 30.3 Å². The van der Waals surface area contributed by atoms with Crippen molar-refractivity contribution in [2.75, 3.05) is 17.2 Å². The maximum absolute atomic E-state index is 11.8. The summed E-state index contributed by atoms with van der Waals surface area (Å²) in [4.78, 5) is 34.1. The van der Waals surface area contributed by atoms with Gasteiger partial charge in [0.1, 0.15) is 5.76 Å². The van der Waals surface area contributed by atoms with Crippen molar-refractivity contribution in [1.29, 1.82) is 0 Å². The first-order chi connectivity index (χ1) is 10.9. The standard InChI is InChI=1S/C14H14N4O5/c1-8-6-11(18-23-8)17-12(19)7-22-13(20)9-2-4-10(5-3-9)16-14(15)21/h2-6H,7H2,1H3,(H3,15,16,21)(H,17,18,19). The zero-order valence-electron chi connectivity index (χ0n) is 12.2.